The maximum atomic E-state index is 4.18. The van der Waals surface area contributed by atoms with Gasteiger partial charge in [-0.05, 0) is 59.3 Å². The van der Waals surface area contributed by atoms with E-state index < -0.39 is 7.87 Å². The minimum Gasteiger partial charge on any atom is -0.140 e. The second-order valence-corrected chi connectivity index (χ2v) is 11.0. The summed E-state index contributed by atoms with van der Waals surface area (Å²) in [4.78, 5) is 0. The molecule has 0 unspecified atom stereocenters. The molecule has 0 bridgehead atoms. The summed E-state index contributed by atoms with van der Waals surface area (Å²) in [5, 5.41) is 4.18. The van der Waals surface area contributed by atoms with Crippen molar-refractivity contribution in [2.75, 3.05) is 39.3 Å². The van der Waals surface area contributed by atoms with Gasteiger partial charge in [0.15, 0.2) is 0 Å². The monoisotopic (exact) mass is 313 g/mol. The van der Waals surface area contributed by atoms with E-state index in [2.05, 4.69) is 39.9 Å². The first-order valence-corrected chi connectivity index (χ1v) is 10.6. The van der Waals surface area contributed by atoms with Crippen LogP contribution in [-0.2, 0) is 0 Å². The standard InChI is InChI=1S/C16H34N4P/c1-16(2,3)17-21(18-10-4-5-11-18,19-12-6-7-13-19)20-14-8-9-15-20/h17H,4-15H2,1-3H3/q+1. The molecule has 4 nitrogen and oxygen atoms in total. The van der Waals surface area contributed by atoms with Gasteiger partial charge in [0, 0.05) is 44.8 Å². The number of nitrogens with zero attached hydrogens (tertiary/aromatic N) is 3. The second kappa shape index (κ2) is 6.41. The van der Waals surface area contributed by atoms with Crippen molar-refractivity contribution in [3.63, 3.8) is 0 Å². The predicted octanol–water partition coefficient (Wildman–Crippen LogP) is 3.34. The molecule has 21 heavy (non-hydrogen) atoms. The highest BCUT2D eigenvalue weighted by Crippen LogP contribution is 2.67. The second-order valence-electron chi connectivity index (χ2n) is 7.91. The molecular weight excluding hydrogens is 279 g/mol. The lowest BCUT2D eigenvalue weighted by atomic mass is 10.1. The van der Waals surface area contributed by atoms with Crippen LogP contribution in [0.5, 0.6) is 0 Å². The Balaban J connectivity index is 1.94. The zero-order valence-corrected chi connectivity index (χ0v) is 15.2. The molecule has 0 aromatic rings. The first-order chi connectivity index (χ1) is 10.0. The third-order valence-electron chi connectivity index (χ3n) is 4.92. The van der Waals surface area contributed by atoms with E-state index in [1.807, 2.05) is 0 Å². The largest absolute Gasteiger partial charge is 0.306 e. The van der Waals surface area contributed by atoms with Crippen LogP contribution in [0.15, 0.2) is 0 Å². The lowest BCUT2D eigenvalue weighted by molar-refractivity contribution is 0.335. The molecule has 5 heteroatoms. The van der Waals surface area contributed by atoms with Gasteiger partial charge < -0.3 is 0 Å². The SMILES string of the molecule is CC(C)(C)N[P+](N1CCCC1)(N1CCCC1)N1CCCC1. The van der Waals surface area contributed by atoms with Gasteiger partial charge in [0.25, 0.3) is 0 Å². The third-order valence-corrected chi connectivity index (χ3v) is 9.45. The Morgan fingerprint density at radius 1 is 0.619 bits per heavy atom. The molecule has 122 valence electrons. The quantitative estimate of drug-likeness (QED) is 0.804. The van der Waals surface area contributed by atoms with Crippen LogP contribution in [0.2, 0.25) is 0 Å². The molecule has 0 saturated carbocycles. The smallest absolute Gasteiger partial charge is 0.140 e. The van der Waals surface area contributed by atoms with E-state index in [1.165, 1.54) is 77.8 Å². The van der Waals surface area contributed by atoms with Gasteiger partial charge in [-0.1, -0.05) is 0 Å². The number of hydrogen-bond donors (Lipinski definition) is 1. The Labute approximate surface area is 131 Å². The van der Waals surface area contributed by atoms with Gasteiger partial charge >= 0.3 is 7.87 Å². The first kappa shape index (κ1) is 16.1. The van der Waals surface area contributed by atoms with Crippen LogP contribution >= 0.6 is 7.87 Å². The molecule has 0 spiro atoms. The minimum atomic E-state index is -1.51. The molecule has 3 fully saturated rings. The fraction of sp³-hybridized carbons (Fsp3) is 1.00. The summed E-state index contributed by atoms with van der Waals surface area (Å²) in [7, 11) is -1.51. The predicted molar refractivity (Wildman–Crippen MR) is 92.2 cm³/mol. The summed E-state index contributed by atoms with van der Waals surface area (Å²) in [6, 6.07) is 0. The summed E-state index contributed by atoms with van der Waals surface area (Å²) in [5.41, 5.74) is 0.182. The van der Waals surface area contributed by atoms with E-state index in [9.17, 15) is 0 Å². The van der Waals surface area contributed by atoms with Crippen LogP contribution in [0, 0.1) is 0 Å². The maximum Gasteiger partial charge on any atom is 0.306 e. The zero-order valence-electron chi connectivity index (χ0n) is 14.3. The van der Waals surface area contributed by atoms with E-state index in [1.54, 1.807) is 0 Å². The Morgan fingerprint density at radius 3 is 1.14 bits per heavy atom. The molecule has 0 amide bonds. The number of nitrogens with one attached hydrogen (secondary N) is 1. The van der Waals surface area contributed by atoms with Crippen LogP contribution in [0.3, 0.4) is 0 Å². The molecule has 0 aromatic heterocycles. The lowest BCUT2D eigenvalue weighted by Gasteiger charge is -2.46. The summed E-state index contributed by atoms with van der Waals surface area (Å²) in [5.74, 6) is 0. The lowest BCUT2D eigenvalue weighted by Crippen LogP contribution is -2.54. The summed E-state index contributed by atoms with van der Waals surface area (Å²) >= 11 is 0. The van der Waals surface area contributed by atoms with Crippen molar-refractivity contribution in [2.45, 2.75) is 64.8 Å². The van der Waals surface area contributed by atoms with Gasteiger partial charge in [-0.25, -0.2) is 0 Å². The molecule has 0 aliphatic carbocycles. The van der Waals surface area contributed by atoms with Crippen molar-refractivity contribution in [3.8, 4) is 0 Å². The van der Waals surface area contributed by atoms with E-state index in [0.717, 1.165) is 0 Å². The van der Waals surface area contributed by atoms with E-state index in [0.29, 0.717) is 0 Å². The van der Waals surface area contributed by atoms with Crippen LogP contribution in [0.25, 0.3) is 0 Å². The van der Waals surface area contributed by atoms with Gasteiger partial charge in [0.05, 0.1) is 0 Å². The molecule has 3 rings (SSSR count). The Hall–Kier alpha value is 0.270. The van der Waals surface area contributed by atoms with Crippen molar-refractivity contribution < 1.29 is 0 Å². The van der Waals surface area contributed by atoms with Gasteiger partial charge in [-0.15, -0.1) is 19.1 Å². The maximum absolute atomic E-state index is 4.18. The van der Waals surface area contributed by atoms with Crippen LogP contribution < -0.4 is 5.09 Å². The average Bonchev–Trinajstić information content (AvgIpc) is 3.15. The van der Waals surface area contributed by atoms with Crippen molar-refractivity contribution in [1.82, 2.24) is 19.1 Å². The molecule has 1 N–H and O–H groups in total. The van der Waals surface area contributed by atoms with Gasteiger partial charge in [0.2, 0.25) is 0 Å². The summed E-state index contributed by atoms with van der Waals surface area (Å²) in [6.07, 6.45) is 8.31. The van der Waals surface area contributed by atoms with Gasteiger partial charge in [-0.3, -0.25) is 0 Å². The third kappa shape index (κ3) is 3.30. The van der Waals surface area contributed by atoms with Crippen LogP contribution in [-0.4, -0.2) is 58.8 Å². The summed E-state index contributed by atoms with van der Waals surface area (Å²) in [6.45, 7) is 14.8. The van der Waals surface area contributed by atoms with E-state index in [4.69, 9.17) is 0 Å². The molecule has 3 saturated heterocycles. The molecule has 0 radical (unpaired) electrons. The Bertz CT molecular complexity index is 296. The Kier molecular flexibility index (Phi) is 4.93. The molecular formula is C16H34N4P+. The first-order valence-electron chi connectivity index (χ1n) is 8.97. The van der Waals surface area contributed by atoms with Gasteiger partial charge in [0.1, 0.15) is 0 Å². The number of hydrogen-bond acceptors (Lipinski definition) is 4. The highest BCUT2D eigenvalue weighted by Gasteiger charge is 2.60. The minimum absolute atomic E-state index is 0.182. The van der Waals surface area contributed by atoms with Crippen molar-refractivity contribution in [3.05, 3.63) is 0 Å². The molecule has 3 heterocycles. The zero-order chi connectivity index (χ0) is 14.9. The van der Waals surface area contributed by atoms with Gasteiger partial charge in [-0.2, -0.15) is 0 Å². The molecule has 3 aliphatic heterocycles. The van der Waals surface area contributed by atoms with Crippen molar-refractivity contribution in [1.29, 1.82) is 0 Å². The fourth-order valence-electron chi connectivity index (χ4n) is 4.14. The molecule has 0 atom stereocenters. The number of rotatable bonds is 4. The highest BCUT2D eigenvalue weighted by molar-refractivity contribution is 7.67. The van der Waals surface area contributed by atoms with Crippen molar-refractivity contribution >= 4 is 7.87 Å². The normalized spacial score (nSPS) is 27.0. The average molecular weight is 313 g/mol. The van der Waals surface area contributed by atoms with Crippen LogP contribution in [0.4, 0.5) is 0 Å². The highest BCUT2D eigenvalue weighted by atomic mass is 31.2. The molecule has 0 aromatic carbocycles. The van der Waals surface area contributed by atoms with E-state index in [-0.39, 0.29) is 5.54 Å². The van der Waals surface area contributed by atoms with E-state index >= 15 is 0 Å². The van der Waals surface area contributed by atoms with Crippen molar-refractivity contribution in [2.24, 2.45) is 0 Å². The topological polar surface area (TPSA) is 21.8 Å². The van der Waals surface area contributed by atoms with Crippen LogP contribution in [0.1, 0.15) is 59.3 Å². The summed E-state index contributed by atoms with van der Waals surface area (Å²) < 4.78 is 8.57. The fourth-order valence-corrected chi connectivity index (χ4v) is 9.06. The Morgan fingerprint density at radius 2 is 0.905 bits per heavy atom. The molecule has 3 aliphatic rings.